The standard InChI is InChI=1S/C20H16ClN5O7S2/c21-13-5-4-12(9-15(13)26(28)29)35(30,31)25-7-1-2-14(25)18(27)22-20-24-23-19(34-20)11-3-6-16-17(8-11)33-10-32-16/h3-6,8-9,14H,1-2,7,10H2,(H,22,24,27). The number of nitrogens with one attached hydrogen (secondary N) is 1. The van der Waals surface area contributed by atoms with E-state index >= 15 is 0 Å². The zero-order valence-electron chi connectivity index (χ0n) is 17.7. The molecule has 0 spiro atoms. The Hall–Kier alpha value is -3.33. The van der Waals surface area contributed by atoms with Crippen LogP contribution in [0.5, 0.6) is 11.5 Å². The highest BCUT2D eigenvalue weighted by Crippen LogP contribution is 2.37. The molecule has 1 fully saturated rings. The zero-order valence-corrected chi connectivity index (χ0v) is 20.1. The van der Waals surface area contributed by atoms with Gasteiger partial charge in [0, 0.05) is 18.2 Å². The molecule has 0 saturated carbocycles. The number of nitro benzene ring substituents is 1. The summed E-state index contributed by atoms with van der Waals surface area (Å²) < 4.78 is 38.1. The van der Waals surface area contributed by atoms with Crippen LogP contribution >= 0.6 is 22.9 Å². The molecule has 2 aliphatic rings. The van der Waals surface area contributed by atoms with E-state index in [0.29, 0.717) is 22.9 Å². The number of nitrogens with zero attached hydrogens (tertiary/aromatic N) is 4. The van der Waals surface area contributed by atoms with E-state index in [4.69, 9.17) is 21.1 Å². The summed E-state index contributed by atoms with van der Waals surface area (Å²) >= 11 is 6.93. The molecule has 12 nitrogen and oxygen atoms in total. The number of rotatable bonds is 6. The van der Waals surface area contributed by atoms with E-state index in [1.54, 1.807) is 18.2 Å². The fourth-order valence-electron chi connectivity index (χ4n) is 3.83. The predicted molar refractivity (Wildman–Crippen MR) is 125 cm³/mol. The number of amides is 1. The van der Waals surface area contributed by atoms with Crippen molar-refractivity contribution in [2.24, 2.45) is 0 Å². The molecule has 182 valence electrons. The van der Waals surface area contributed by atoms with E-state index in [1.807, 2.05) is 0 Å². The summed E-state index contributed by atoms with van der Waals surface area (Å²) in [6.45, 7) is 0.232. The summed E-state index contributed by atoms with van der Waals surface area (Å²) in [5.74, 6) is 0.640. The molecule has 0 aliphatic carbocycles. The second-order valence-corrected chi connectivity index (χ2v) is 10.9. The van der Waals surface area contributed by atoms with Crippen LogP contribution in [-0.4, -0.2) is 53.1 Å². The summed E-state index contributed by atoms with van der Waals surface area (Å²) in [4.78, 5) is 23.1. The fourth-order valence-corrected chi connectivity index (χ4v) is 6.43. The second-order valence-electron chi connectivity index (χ2n) is 7.61. The molecule has 3 aromatic rings. The normalized spacial score (nSPS) is 17.5. The van der Waals surface area contributed by atoms with Crippen molar-refractivity contribution in [2.45, 2.75) is 23.8 Å². The highest BCUT2D eigenvalue weighted by atomic mass is 35.5. The molecule has 1 unspecified atom stereocenters. The summed E-state index contributed by atoms with van der Waals surface area (Å²) in [5.41, 5.74) is 0.194. The van der Waals surface area contributed by atoms with E-state index in [2.05, 4.69) is 15.5 Å². The van der Waals surface area contributed by atoms with Gasteiger partial charge in [0.2, 0.25) is 27.9 Å². The maximum absolute atomic E-state index is 13.2. The van der Waals surface area contributed by atoms with Crippen LogP contribution in [0.4, 0.5) is 10.8 Å². The van der Waals surface area contributed by atoms with Crippen LogP contribution in [-0.2, 0) is 14.8 Å². The zero-order chi connectivity index (χ0) is 24.7. The van der Waals surface area contributed by atoms with Crippen molar-refractivity contribution >= 4 is 49.7 Å². The molecule has 15 heteroatoms. The Balaban J connectivity index is 1.34. The van der Waals surface area contributed by atoms with Gasteiger partial charge in [-0.05, 0) is 43.2 Å². The van der Waals surface area contributed by atoms with Crippen LogP contribution < -0.4 is 14.8 Å². The van der Waals surface area contributed by atoms with Crippen molar-refractivity contribution in [3.8, 4) is 22.1 Å². The highest BCUT2D eigenvalue weighted by Gasteiger charge is 2.40. The Morgan fingerprint density at radius 1 is 1.20 bits per heavy atom. The van der Waals surface area contributed by atoms with Crippen LogP contribution in [0.1, 0.15) is 12.8 Å². The van der Waals surface area contributed by atoms with Crippen molar-refractivity contribution in [2.75, 3.05) is 18.7 Å². The summed E-state index contributed by atoms with van der Waals surface area (Å²) in [6.07, 6.45) is 0.736. The second kappa shape index (κ2) is 9.03. The molecule has 2 aliphatic heterocycles. The van der Waals surface area contributed by atoms with Crippen molar-refractivity contribution in [1.29, 1.82) is 0 Å². The van der Waals surface area contributed by atoms with Gasteiger partial charge in [-0.3, -0.25) is 20.2 Å². The van der Waals surface area contributed by atoms with Crippen molar-refractivity contribution < 1.29 is 27.6 Å². The SMILES string of the molecule is O=C(Nc1nnc(-c2ccc3c(c2)OCO3)s1)C1CCCN1S(=O)(=O)c1ccc(Cl)c([N+](=O)[O-])c1. The van der Waals surface area contributed by atoms with Gasteiger partial charge < -0.3 is 9.47 Å². The van der Waals surface area contributed by atoms with Crippen LogP contribution in [0.3, 0.4) is 0 Å². The molecule has 1 aromatic heterocycles. The van der Waals surface area contributed by atoms with Gasteiger partial charge in [0.05, 0.1) is 9.82 Å². The smallest absolute Gasteiger partial charge is 0.289 e. The third kappa shape index (κ3) is 4.40. The number of halogens is 1. The Morgan fingerprint density at radius 3 is 2.80 bits per heavy atom. The number of sulfonamides is 1. The number of hydrogen-bond donors (Lipinski definition) is 1. The Bertz CT molecular complexity index is 1450. The third-order valence-electron chi connectivity index (χ3n) is 5.50. The van der Waals surface area contributed by atoms with Gasteiger partial charge in [-0.1, -0.05) is 22.9 Å². The van der Waals surface area contributed by atoms with Crippen LogP contribution in [0.25, 0.3) is 10.6 Å². The number of carbonyl (C=O) groups excluding carboxylic acids is 1. The van der Waals surface area contributed by atoms with Crippen LogP contribution in [0, 0.1) is 10.1 Å². The predicted octanol–water partition coefficient (Wildman–Crippen LogP) is 3.29. The van der Waals surface area contributed by atoms with Crippen molar-refractivity contribution in [1.82, 2.24) is 14.5 Å². The summed E-state index contributed by atoms with van der Waals surface area (Å²) in [7, 11) is -4.19. The lowest BCUT2D eigenvalue weighted by Gasteiger charge is -2.22. The quantitative estimate of drug-likeness (QED) is 0.368. The van der Waals surface area contributed by atoms with Gasteiger partial charge in [-0.2, -0.15) is 4.31 Å². The van der Waals surface area contributed by atoms with Gasteiger partial charge >= 0.3 is 0 Å². The molecule has 1 N–H and O–H groups in total. The molecular formula is C20H16ClN5O7S2. The Labute approximate surface area is 207 Å². The van der Waals surface area contributed by atoms with E-state index in [-0.39, 0.29) is 34.8 Å². The van der Waals surface area contributed by atoms with E-state index in [1.165, 1.54) is 6.07 Å². The fraction of sp³-hybridized carbons (Fsp3) is 0.250. The van der Waals surface area contributed by atoms with Crippen molar-refractivity contribution in [3.05, 3.63) is 51.5 Å². The van der Waals surface area contributed by atoms with Gasteiger partial charge in [0.25, 0.3) is 5.69 Å². The minimum atomic E-state index is -4.19. The first-order chi connectivity index (χ1) is 16.7. The number of fused-ring (bicyclic) bond motifs is 1. The number of benzene rings is 2. The molecule has 1 amide bonds. The topological polar surface area (TPSA) is 154 Å². The first-order valence-electron chi connectivity index (χ1n) is 10.2. The molecule has 5 rings (SSSR count). The minimum absolute atomic E-state index is 0.0927. The monoisotopic (exact) mass is 537 g/mol. The lowest BCUT2D eigenvalue weighted by atomic mass is 10.2. The number of ether oxygens (including phenoxy) is 2. The number of nitro groups is 1. The lowest BCUT2D eigenvalue weighted by Crippen LogP contribution is -2.43. The maximum atomic E-state index is 13.2. The van der Waals surface area contributed by atoms with Crippen molar-refractivity contribution in [3.63, 3.8) is 0 Å². The van der Waals surface area contributed by atoms with Crippen LogP contribution in [0.15, 0.2) is 41.3 Å². The summed E-state index contributed by atoms with van der Waals surface area (Å²) in [6, 6.07) is 7.51. The molecule has 1 atom stereocenters. The average molecular weight is 538 g/mol. The lowest BCUT2D eigenvalue weighted by molar-refractivity contribution is -0.384. The number of hydrogen-bond acceptors (Lipinski definition) is 10. The molecular weight excluding hydrogens is 522 g/mol. The first kappa shape index (κ1) is 23.4. The molecule has 0 radical (unpaired) electrons. The van der Waals surface area contributed by atoms with Gasteiger partial charge in [0.15, 0.2) is 11.5 Å². The van der Waals surface area contributed by atoms with E-state index in [9.17, 15) is 23.3 Å². The minimum Gasteiger partial charge on any atom is -0.454 e. The molecule has 1 saturated heterocycles. The Morgan fingerprint density at radius 2 is 2.00 bits per heavy atom. The van der Waals surface area contributed by atoms with E-state index < -0.39 is 32.6 Å². The highest BCUT2D eigenvalue weighted by molar-refractivity contribution is 7.89. The first-order valence-corrected chi connectivity index (χ1v) is 12.9. The molecule has 35 heavy (non-hydrogen) atoms. The van der Waals surface area contributed by atoms with Gasteiger partial charge in [-0.15, -0.1) is 10.2 Å². The van der Waals surface area contributed by atoms with Gasteiger partial charge in [0.1, 0.15) is 16.1 Å². The van der Waals surface area contributed by atoms with Gasteiger partial charge in [-0.25, -0.2) is 8.42 Å². The van der Waals surface area contributed by atoms with Crippen LogP contribution in [0.2, 0.25) is 5.02 Å². The number of aromatic nitrogens is 2. The number of anilines is 1. The molecule has 3 heterocycles. The Kier molecular flexibility index (Phi) is 6.04. The third-order valence-corrected chi connectivity index (χ3v) is 8.61. The molecule has 2 aromatic carbocycles. The van der Waals surface area contributed by atoms with E-state index in [0.717, 1.165) is 33.3 Å². The average Bonchev–Trinajstić information content (AvgIpc) is 3.58. The molecule has 0 bridgehead atoms. The largest absolute Gasteiger partial charge is 0.454 e. The maximum Gasteiger partial charge on any atom is 0.289 e. The number of carbonyl (C=O) groups is 1. The summed E-state index contributed by atoms with van der Waals surface area (Å²) in [5, 5.41) is 22.4.